The summed E-state index contributed by atoms with van der Waals surface area (Å²) in [5.74, 6) is -1.90. The highest BCUT2D eigenvalue weighted by Crippen LogP contribution is 2.49. The fraction of sp³-hybridized carbons (Fsp3) is 0.333. The number of nitrogens with zero attached hydrogens (tertiary/aromatic N) is 1. The Hall–Kier alpha value is -2.30. The molecule has 0 amide bonds. The van der Waals surface area contributed by atoms with Crippen LogP contribution in [0, 0.1) is 18.6 Å². The first kappa shape index (κ1) is 15.6. The summed E-state index contributed by atoms with van der Waals surface area (Å²) in [6.45, 7) is 1.60. The minimum Gasteiger partial charge on any atom is -0.481 e. The first-order valence-corrected chi connectivity index (χ1v) is 7.53. The predicted molar refractivity (Wildman–Crippen MR) is 81.2 cm³/mol. The second-order valence-corrected chi connectivity index (χ2v) is 6.18. The van der Waals surface area contributed by atoms with Crippen LogP contribution in [-0.4, -0.2) is 16.1 Å². The number of carboxylic acids is 1. The molecule has 2 atom stereocenters. The van der Waals surface area contributed by atoms with Gasteiger partial charge in [-0.3, -0.25) is 9.78 Å². The lowest BCUT2D eigenvalue weighted by atomic mass is 9.76. The fourth-order valence-corrected chi connectivity index (χ4v) is 3.66. The zero-order chi connectivity index (χ0) is 16.6. The van der Waals surface area contributed by atoms with Gasteiger partial charge >= 0.3 is 5.97 Å². The molecule has 0 radical (unpaired) electrons. The molecule has 0 unspecified atom stereocenters. The van der Waals surface area contributed by atoms with E-state index in [9.17, 15) is 18.7 Å². The molecule has 2 aromatic rings. The van der Waals surface area contributed by atoms with Crippen molar-refractivity contribution in [1.29, 1.82) is 0 Å². The van der Waals surface area contributed by atoms with Gasteiger partial charge in [-0.1, -0.05) is 12.1 Å². The van der Waals surface area contributed by atoms with E-state index in [0.717, 1.165) is 6.20 Å². The third kappa shape index (κ3) is 2.60. The molecule has 5 heteroatoms. The van der Waals surface area contributed by atoms with Gasteiger partial charge in [0.15, 0.2) is 0 Å². The van der Waals surface area contributed by atoms with Crippen molar-refractivity contribution in [2.24, 2.45) is 0 Å². The molecule has 0 aliphatic heterocycles. The molecule has 1 aliphatic carbocycles. The molecule has 3 nitrogen and oxygen atoms in total. The number of hydrogen-bond donors (Lipinski definition) is 1. The number of aromatic nitrogens is 1. The number of rotatable bonds is 3. The first-order chi connectivity index (χ1) is 10.9. The molecule has 1 aromatic carbocycles. The Labute approximate surface area is 133 Å². The summed E-state index contributed by atoms with van der Waals surface area (Å²) in [5, 5.41) is 9.84. The van der Waals surface area contributed by atoms with E-state index in [1.165, 1.54) is 12.1 Å². The average molecular weight is 317 g/mol. The monoisotopic (exact) mass is 317 g/mol. The predicted octanol–water partition coefficient (Wildman–Crippen LogP) is 3.96. The standard InChI is InChI=1S/C18H17F2NO2/c1-11-15(3-2-4-16(11)20)18(17(22)23)6-5-12(8-18)13-7-14(19)10-21-9-13/h2-4,7,9-10,12H,5-6,8H2,1H3,(H,22,23)/t12-,18+/m1/s1. The van der Waals surface area contributed by atoms with Crippen LogP contribution in [0.4, 0.5) is 8.78 Å². The number of carboxylic acid groups (broad SMARTS) is 1. The van der Waals surface area contributed by atoms with Crippen LogP contribution in [0.1, 0.15) is 41.9 Å². The van der Waals surface area contributed by atoms with Crippen molar-refractivity contribution in [2.75, 3.05) is 0 Å². The van der Waals surface area contributed by atoms with Crippen LogP contribution >= 0.6 is 0 Å². The summed E-state index contributed by atoms with van der Waals surface area (Å²) in [6.07, 6.45) is 4.02. The summed E-state index contributed by atoms with van der Waals surface area (Å²) < 4.78 is 27.3. The van der Waals surface area contributed by atoms with Crippen molar-refractivity contribution in [2.45, 2.75) is 37.5 Å². The fourth-order valence-electron chi connectivity index (χ4n) is 3.66. The topological polar surface area (TPSA) is 50.2 Å². The number of hydrogen-bond acceptors (Lipinski definition) is 2. The Morgan fingerprint density at radius 3 is 2.83 bits per heavy atom. The van der Waals surface area contributed by atoms with Crippen LogP contribution in [0.25, 0.3) is 0 Å². The van der Waals surface area contributed by atoms with Crippen LogP contribution in [-0.2, 0) is 10.2 Å². The molecular weight excluding hydrogens is 300 g/mol. The zero-order valence-corrected chi connectivity index (χ0v) is 12.7. The number of halogens is 2. The molecule has 3 rings (SSSR count). The minimum atomic E-state index is -1.14. The average Bonchev–Trinajstić information content (AvgIpc) is 2.96. The van der Waals surface area contributed by atoms with E-state index in [-0.39, 0.29) is 5.92 Å². The molecule has 1 aliphatic rings. The summed E-state index contributed by atoms with van der Waals surface area (Å²) in [6, 6.07) is 5.95. The van der Waals surface area contributed by atoms with E-state index in [2.05, 4.69) is 4.98 Å². The second kappa shape index (κ2) is 5.72. The van der Waals surface area contributed by atoms with Gasteiger partial charge in [0, 0.05) is 6.20 Å². The molecule has 1 aromatic heterocycles. The van der Waals surface area contributed by atoms with E-state index >= 15 is 0 Å². The molecule has 0 bridgehead atoms. The SMILES string of the molecule is Cc1c(F)cccc1[C@]1(C(=O)O)CC[C@@H](c2cncc(F)c2)C1. The lowest BCUT2D eigenvalue weighted by Crippen LogP contribution is -2.34. The third-order valence-corrected chi connectivity index (χ3v) is 4.90. The lowest BCUT2D eigenvalue weighted by Gasteiger charge is -2.27. The molecular formula is C18H17F2NO2. The van der Waals surface area contributed by atoms with Crippen molar-refractivity contribution in [1.82, 2.24) is 4.98 Å². The van der Waals surface area contributed by atoms with Crippen LogP contribution in [0.15, 0.2) is 36.7 Å². The smallest absolute Gasteiger partial charge is 0.314 e. The van der Waals surface area contributed by atoms with Gasteiger partial charge in [-0.15, -0.1) is 0 Å². The molecule has 1 saturated carbocycles. The van der Waals surface area contributed by atoms with Crippen molar-refractivity contribution in [3.63, 3.8) is 0 Å². The van der Waals surface area contributed by atoms with Gasteiger partial charge in [0.25, 0.3) is 0 Å². The normalized spacial score (nSPS) is 23.9. The summed E-state index contributed by atoms with van der Waals surface area (Å²) >= 11 is 0. The summed E-state index contributed by atoms with van der Waals surface area (Å²) in [7, 11) is 0. The quantitative estimate of drug-likeness (QED) is 0.932. The molecule has 1 N–H and O–H groups in total. The maximum atomic E-state index is 13.9. The van der Waals surface area contributed by atoms with E-state index in [4.69, 9.17) is 0 Å². The van der Waals surface area contributed by atoms with Gasteiger partial charge in [-0.2, -0.15) is 0 Å². The molecule has 23 heavy (non-hydrogen) atoms. The highest BCUT2D eigenvalue weighted by atomic mass is 19.1. The largest absolute Gasteiger partial charge is 0.481 e. The van der Waals surface area contributed by atoms with Crippen LogP contribution in [0.2, 0.25) is 0 Å². The van der Waals surface area contributed by atoms with Gasteiger partial charge in [0.2, 0.25) is 0 Å². The summed E-state index contributed by atoms with van der Waals surface area (Å²) in [4.78, 5) is 15.9. The number of benzene rings is 1. The Kier molecular flexibility index (Phi) is 3.88. The zero-order valence-electron chi connectivity index (χ0n) is 12.7. The van der Waals surface area contributed by atoms with Gasteiger partial charge < -0.3 is 5.11 Å². The van der Waals surface area contributed by atoms with Crippen molar-refractivity contribution in [3.8, 4) is 0 Å². The molecule has 1 fully saturated rings. The highest BCUT2D eigenvalue weighted by molar-refractivity contribution is 5.82. The maximum Gasteiger partial charge on any atom is 0.314 e. The van der Waals surface area contributed by atoms with Crippen LogP contribution in [0.5, 0.6) is 0 Å². The molecule has 0 saturated heterocycles. The van der Waals surface area contributed by atoms with Crippen LogP contribution < -0.4 is 0 Å². The van der Waals surface area contributed by atoms with Crippen molar-refractivity contribution < 1.29 is 18.7 Å². The second-order valence-electron chi connectivity index (χ2n) is 6.18. The van der Waals surface area contributed by atoms with Crippen molar-refractivity contribution in [3.05, 3.63) is 65.0 Å². The molecule has 120 valence electrons. The van der Waals surface area contributed by atoms with Gasteiger partial charge in [-0.05, 0) is 60.9 Å². The van der Waals surface area contributed by atoms with Gasteiger partial charge in [0.1, 0.15) is 11.6 Å². The van der Waals surface area contributed by atoms with E-state index in [1.54, 1.807) is 25.3 Å². The van der Waals surface area contributed by atoms with E-state index in [0.29, 0.717) is 36.0 Å². The van der Waals surface area contributed by atoms with Gasteiger partial charge in [0.05, 0.1) is 11.6 Å². The Balaban J connectivity index is 2.01. The Morgan fingerprint density at radius 2 is 2.13 bits per heavy atom. The summed E-state index contributed by atoms with van der Waals surface area (Å²) in [5.41, 5.74) is 0.440. The minimum absolute atomic E-state index is 0.100. The molecule has 0 spiro atoms. The Bertz CT molecular complexity index is 762. The third-order valence-electron chi connectivity index (χ3n) is 4.90. The number of aliphatic carboxylic acids is 1. The Morgan fingerprint density at radius 1 is 1.35 bits per heavy atom. The highest BCUT2D eigenvalue weighted by Gasteiger charge is 2.48. The van der Waals surface area contributed by atoms with Gasteiger partial charge in [-0.25, -0.2) is 8.78 Å². The maximum absolute atomic E-state index is 13.9. The number of pyridine rings is 1. The van der Waals surface area contributed by atoms with E-state index < -0.39 is 23.0 Å². The lowest BCUT2D eigenvalue weighted by molar-refractivity contribution is -0.143. The van der Waals surface area contributed by atoms with E-state index in [1.807, 2.05) is 0 Å². The van der Waals surface area contributed by atoms with Crippen molar-refractivity contribution >= 4 is 5.97 Å². The molecule has 1 heterocycles. The number of carbonyl (C=O) groups is 1. The first-order valence-electron chi connectivity index (χ1n) is 7.53. The van der Waals surface area contributed by atoms with Crippen LogP contribution in [0.3, 0.4) is 0 Å².